The molecule has 7 nitrogen and oxygen atoms in total. The molecule has 0 atom stereocenters. The number of anilines is 1. The van der Waals surface area contributed by atoms with Gasteiger partial charge in [-0.15, -0.1) is 0 Å². The Bertz CT molecular complexity index is 1170. The second-order valence-corrected chi connectivity index (χ2v) is 6.20. The quantitative estimate of drug-likeness (QED) is 0.535. The lowest BCUT2D eigenvalue weighted by Gasteiger charge is -2.10. The smallest absolute Gasteiger partial charge is 0.258 e. The fourth-order valence-corrected chi connectivity index (χ4v) is 2.92. The van der Waals surface area contributed by atoms with Crippen LogP contribution in [0.25, 0.3) is 22.6 Å². The van der Waals surface area contributed by atoms with Gasteiger partial charge >= 0.3 is 0 Å². The van der Waals surface area contributed by atoms with E-state index in [1.807, 2.05) is 0 Å². The lowest BCUT2D eigenvalue weighted by atomic mass is 10.2. The van der Waals surface area contributed by atoms with Gasteiger partial charge in [-0.25, -0.2) is 14.4 Å². The first kappa shape index (κ1) is 18.4. The topological polar surface area (TPSA) is 89.1 Å². The highest BCUT2D eigenvalue weighted by Gasteiger charge is 2.16. The van der Waals surface area contributed by atoms with Crippen LogP contribution in [0.1, 0.15) is 10.4 Å². The third-order valence-corrected chi connectivity index (χ3v) is 4.36. The normalized spacial score (nSPS) is 10.7. The molecule has 0 aliphatic heterocycles. The van der Waals surface area contributed by atoms with Crippen molar-refractivity contribution < 1.29 is 18.7 Å². The van der Waals surface area contributed by atoms with Crippen LogP contribution in [0.4, 0.5) is 10.1 Å². The highest BCUT2D eigenvalue weighted by atomic mass is 19.1. The number of H-pyrrole nitrogens is 1. The largest absolute Gasteiger partial charge is 0.497 e. The Kier molecular flexibility index (Phi) is 4.82. The molecule has 4 aromatic rings. The summed E-state index contributed by atoms with van der Waals surface area (Å²) in [6, 6.07) is 12.6. The van der Waals surface area contributed by atoms with Crippen molar-refractivity contribution in [3.63, 3.8) is 0 Å². The second kappa shape index (κ2) is 7.59. The lowest BCUT2D eigenvalue weighted by molar-refractivity contribution is 0.102. The van der Waals surface area contributed by atoms with E-state index in [0.717, 1.165) is 0 Å². The van der Waals surface area contributed by atoms with Crippen molar-refractivity contribution in [1.82, 2.24) is 15.0 Å². The Morgan fingerprint density at radius 2 is 1.72 bits per heavy atom. The van der Waals surface area contributed by atoms with Gasteiger partial charge in [-0.2, -0.15) is 0 Å². The highest BCUT2D eigenvalue weighted by molar-refractivity contribution is 6.11. The molecule has 1 amide bonds. The number of fused-ring (bicyclic) bond motifs is 1. The number of hydrogen-bond acceptors (Lipinski definition) is 5. The van der Waals surface area contributed by atoms with Gasteiger partial charge in [-0.1, -0.05) is 0 Å². The Balaban J connectivity index is 1.68. The number of aromatic amines is 1. The zero-order valence-corrected chi connectivity index (χ0v) is 15.7. The molecule has 0 aliphatic carbocycles. The number of hydrogen-bond donors (Lipinski definition) is 2. The molecule has 0 fully saturated rings. The van der Waals surface area contributed by atoms with Crippen LogP contribution in [0.15, 0.2) is 54.7 Å². The molecule has 0 saturated heterocycles. The number of imidazole rings is 1. The van der Waals surface area contributed by atoms with E-state index >= 15 is 0 Å². The fraction of sp³-hybridized carbons (Fsp3) is 0.0952. The minimum Gasteiger partial charge on any atom is -0.497 e. The number of halogens is 1. The number of carbonyl (C=O) groups is 1. The number of methoxy groups -OCH3 is 2. The van der Waals surface area contributed by atoms with Crippen LogP contribution in [0.2, 0.25) is 0 Å². The Morgan fingerprint density at radius 3 is 2.38 bits per heavy atom. The van der Waals surface area contributed by atoms with Crippen LogP contribution >= 0.6 is 0 Å². The average Bonchev–Trinajstić information content (AvgIpc) is 3.18. The van der Waals surface area contributed by atoms with Crippen molar-refractivity contribution in [3.05, 3.63) is 66.1 Å². The monoisotopic (exact) mass is 392 g/mol. The van der Waals surface area contributed by atoms with E-state index in [4.69, 9.17) is 9.47 Å². The number of rotatable bonds is 5. The molecule has 146 valence electrons. The molecule has 0 unspecified atom stereocenters. The molecule has 2 N–H and O–H groups in total. The predicted octanol–water partition coefficient (Wildman–Crippen LogP) is 4.03. The zero-order chi connectivity index (χ0) is 20.4. The third-order valence-electron chi connectivity index (χ3n) is 4.36. The van der Waals surface area contributed by atoms with Gasteiger partial charge in [0, 0.05) is 35.6 Å². The van der Waals surface area contributed by atoms with Crippen LogP contribution in [0.5, 0.6) is 11.5 Å². The summed E-state index contributed by atoms with van der Waals surface area (Å²) in [6.07, 6.45) is 1.52. The molecule has 2 heterocycles. The van der Waals surface area contributed by atoms with Gasteiger partial charge < -0.3 is 19.8 Å². The van der Waals surface area contributed by atoms with Gasteiger partial charge in [-0.3, -0.25) is 4.79 Å². The van der Waals surface area contributed by atoms with Crippen molar-refractivity contribution in [1.29, 1.82) is 0 Å². The fourth-order valence-electron chi connectivity index (χ4n) is 2.92. The standard InChI is InChI=1S/C21H17FN4O3/c1-28-15-9-14(10-16(11-15)29-2)24-21(27)17-7-8-23-20-18(17)25-19(26-20)12-3-5-13(22)6-4-12/h3-11H,1-2H3,(H,24,27)(H,23,25,26). The van der Waals surface area contributed by atoms with Crippen LogP contribution < -0.4 is 14.8 Å². The van der Waals surface area contributed by atoms with E-state index in [-0.39, 0.29) is 11.7 Å². The molecule has 0 bridgehead atoms. The first-order valence-corrected chi connectivity index (χ1v) is 8.72. The molecule has 0 aliphatic rings. The SMILES string of the molecule is COc1cc(NC(=O)c2ccnc3[nH]c(-c4ccc(F)cc4)nc23)cc(OC)c1. The van der Waals surface area contributed by atoms with Gasteiger partial charge in [0.1, 0.15) is 28.7 Å². The molecule has 0 saturated carbocycles. The summed E-state index contributed by atoms with van der Waals surface area (Å²) in [5, 5.41) is 2.83. The van der Waals surface area contributed by atoms with Crippen molar-refractivity contribution >= 4 is 22.8 Å². The van der Waals surface area contributed by atoms with Crippen molar-refractivity contribution in [2.24, 2.45) is 0 Å². The molecule has 2 aromatic heterocycles. The van der Waals surface area contributed by atoms with E-state index < -0.39 is 0 Å². The molecule has 4 rings (SSSR count). The van der Waals surface area contributed by atoms with Crippen molar-refractivity contribution in [2.75, 3.05) is 19.5 Å². The molecule has 0 radical (unpaired) electrons. The first-order valence-electron chi connectivity index (χ1n) is 8.72. The zero-order valence-electron chi connectivity index (χ0n) is 15.7. The average molecular weight is 392 g/mol. The lowest BCUT2D eigenvalue weighted by Crippen LogP contribution is -2.13. The maximum atomic E-state index is 13.2. The number of pyridine rings is 1. The van der Waals surface area contributed by atoms with Crippen LogP contribution in [0, 0.1) is 5.82 Å². The summed E-state index contributed by atoms with van der Waals surface area (Å²) >= 11 is 0. The van der Waals surface area contributed by atoms with E-state index in [9.17, 15) is 9.18 Å². The summed E-state index contributed by atoms with van der Waals surface area (Å²) in [4.78, 5) is 24.7. The predicted molar refractivity (Wildman–Crippen MR) is 107 cm³/mol. The summed E-state index contributed by atoms with van der Waals surface area (Å²) in [5.74, 6) is 0.910. The van der Waals surface area contributed by atoms with E-state index in [1.165, 1.54) is 32.5 Å². The Labute approximate surface area is 165 Å². The Hall–Kier alpha value is -3.94. The van der Waals surface area contributed by atoms with Crippen LogP contribution in [-0.2, 0) is 0 Å². The Morgan fingerprint density at radius 1 is 1.03 bits per heavy atom. The molecule has 2 aromatic carbocycles. The summed E-state index contributed by atoms with van der Waals surface area (Å²) < 4.78 is 23.6. The van der Waals surface area contributed by atoms with Gasteiger partial charge in [0.2, 0.25) is 0 Å². The van der Waals surface area contributed by atoms with Crippen LogP contribution in [-0.4, -0.2) is 35.1 Å². The van der Waals surface area contributed by atoms with Crippen molar-refractivity contribution in [2.45, 2.75) is 0 Å². The van der Waals surface area contributed by atoms with Crippen LogP contribution in [0.3, 0.4) is 0 Å². The first-order chi connectivity index (χ1) is 14.1. The van der Waals surface area contributed by atoms with Gasteiger partial charge in [0.25, 0.3) is 5.91 Å². The van der Waals surface area contributed by atoms with Gasteiger partial charge in [0.05, 0.1) is 19.8 Å². The minimum absolute atomic E-state index is 0.336. The maximum Gasteiger partial charge on any atom is 0.258 e. The van der Waals surface area contributed by atoms with Gasteiger partial charge in [-0.05, 0) is 30.3 Å². The van der Waals surface area contributed by atoms with Gasteiger partial charge in [0.15, 0.2) is 5.65 Å². The number of amides is 1. The van der Waals surface area contributed by atoms with E-state index in [2.05, 4.69) is 20.3 Å². The highest BCUT2D eigenvalue weighted by Crippen LogP contribution is 2.27. The number of carbonyl (C=O) groups excluding carboxylic acids is 1. The summed E-state index contributed by atoms with van der Waals surface area (Å²) in [7, 11) is 3.07. The summed E-state index contributed by atoms with van der Waals surface area (Å²) in [6.45, 7) is 0. The van der Waals surface area contributed by atoms with E-state index in [1.54, 1.807) is 36.4 Å². The molecule has 29 heavy (non-hydrogen) atoms. The second-order valence-electron chi connectivity index (χ2n) is 6.20. The number of nitrogens with one attached hydrogen (secondary N) is 2. The molecular weight excluding hydrogens is 375 g/mol. The van der Waals surface area contributed by atoms with E-state index in [0.29, 0.717) is 45.3 Å². The third kappa shape index (κ3) is 3.73. The number of ether oxygens (including phenoxy) is 2. The van der Waals surface area contributed by atoms with Crippen molar-refractivity contribution in [3.8, 4) is 22.9 Å². The molecule has 0 spiro atoms. The minimum atomic E-state index is -0.357. The number of aromatic nitrogens is 3. The number of benzene rings is 2. The number of nitrogens with zero attached hydrogens (tertiary/aromatic N) is 2. The molecular formula is C21H17FN4O3. The summed E-state index contributed by atoms with van der Waals surface area (Å²) in [5.41, 5.74) is 2.43. The maximum absolute atomic E-state index is 13.2. The molecule has 8 heteroatoms.